The minimum atomic E-state index is -0.653. The molecule has 10 aromatic rings. The fourth-order valence-corrected chi connectivity index (χ4v) is 11.1. The molecule has 0 unspecified atom stereocenters. The number of benzene rings is 10. The van der Waals surface area contributed by atoms with Gasteiger partial charge in [0, 0.05) is 17.1 Å². The lowest BCUT2D eigenvalue weighted by Crippen LogP contribution is -2.30. The summed E-state index contributed by atoms with van der Waals surface area (Å²) in [5.41, 5.74) is 24.1. The Hall–Kier alpha value is -8.00. The van der Waals surface area contributed by atoms with Gasteiger partial charge in [-0.1, -0.05) is 227 Å². The lowest BCUT2D eigenvalue weighted by molar-refractivity contribution is 0.590. The van der Waals surface area contributed by atoms with Gasteiger partial charge >= 0.3 is 0 Å². The zero-order valence-electron chi connectivity index (χ0n) is 37.5. The fraction of sp³-hybridized carbons (Fsp3) is 0.0769. The highest BCUT2D eigenvalue weighted by molar-refractivity contribution is 6.01. The van der Waals surface area contributed by atoms with Gasteiger partial charge in [-0.3, -0.25) is 0 Å². The molecule has 1 spiro atoms. The molecule has 0 N–H and O–H groups in total. The lowest BCUT2D eigenvalue weighted by Gasteiger charge is -2.38. The summed E-state index contributed by atoms with van der Waals surface area (Å²) in [5, 5.41) is 0. The van der Waals surface area contributed by atoms with Crippen LogP contribution >= 0.6 is 0 Å². The molecule has 2 aliphatic rings. The van der Waals surface area contributed by atoms with Gasteiger partial charge < -0.3 is 4.90 Å². The predicted molar refractivity (Wildman–Crippen MR) is 278 cm³/mol. The maximum Gasteiger partial charge on any atom is 0.0731 e. The molecule has 0 atom stereocenters. The summed E-state index contributed by atoms with van der Waals surface area (Å²) in [6, 6.07) is 90.5. The van der Waals surface area contributed by atoms with E-state index in [1.165, 1.54) is 94.6 Å². The van der Waals surface area contributed by atoms with E-state index in [4.69, 9.17) is 0 Å². The van der Waals surface area contributed by atoms with Crippen molar-refractivity contribution in [1.82, 2.24) is 0 Å². The third-order valence-corrected chi connectivity index (χ3v) is 14.1. The predicted octanol–water partition coefficient (Wildman–Crippen LogP) is 17.5. The summed E-state index contributed by atoms with van der Waals surface area (Å²) in [6.07, 6.45) is 0. The number of anilines is 3. The van der Waals surface area contributed by atoms with Gasteiger partial charge in [-0.25, -0.2) is 0 Å². The van der Waals surface area contributed by atoms with Gasteiger partial charge in [0.05, 0.1) is 5.41 Å². The summed E-state index contributed by atoms with van der Waals surface area (Å²) in [7, 11) is 0. The first-order valence-electron chi connectivity index (χ1n) is 23.2. The van der Waals surface area contributed by atoms with E-state index in [1.54, 1.807) is 0 Å². The van der Waals surface area contributed by atoms with Crippen LogP contribution < -0.4 is 4.90 Å². The molecule has 0 saturated carbocycles. The Balaban J connectivity index is 1.08. The summed E-state index contributed by atoms with van der Waals surface area (Å²) in [5.74, 6) is 0. The van der Waals surface area contributed by atoms with E-state index >= 15 is 0 Å². The van der Waals surface area contributed by atoms with E-state index in [0.29, 0.717) is 0 Å². The number of hydrogen-bond donors (Lipinski definition) is 0. The Bertz CT molecular complexity index is 3340. The molecule has 1 heteroatoms. The smallest absolute Gasteiger partial charge is 0.0731 e. The van der Waals surface area contributed by atoms with Crippen LogP contribution in [0.1, 0.15) is 48.6 Å². The summed E-state index contributed by atoms with van der Waals surface area (Å²) < 4.78 is 0. The number of fused-ring (bicyclic) bond motifs is 14. The lowest BCUT2D eigenvalue weighted by atomic mass is 9.63. The maximum absolute atomic E-state index is 2.40. The molecule has 12 rings (SSSR count). The molecular weight excluding hydrogens is 795 g/mol. The van der Waals surface area contributed by atoms with Gasteiger partial charge in [-0.2, -0.15) is 0 Å². The highest BCUT2D eigenvalue weighted by atomic mass is 15.1. The Morgan fingerprint density at radius 2 is 0.606 bits per heavy atom. The maximum atomic E-state index is 2.40. The minimum Gasteiger partial charge on any atom is -0.311 e. The second-order valence-electron chi connectivity index (χ2n) is 18.8. The standard InChI is InChI=1S/C65H49N/c1-64(2,3)47-36-42-50(43-37-47)66(48-38-32-45(33-39-48)44-18-5-4-6-19-44)49-40-34-46(35-41-49)51-27-17-28-59-58-26-13-16-31-62(58)65(63(51)59)60-29-14-11-24-56(60)54-22-9-7-20-52(54)53-21-8-10-23-55(53)57-25-12-15-30-61(57)65/h4-43H,1-3H3. The molecule has 66 heavy (non-hydrogen) atoms. The average Bonchev–Trinajstić information content (AvgIpc) is 3.69. The van der Waals surface area contributed by atoms with Crippen LogP contribution in [0.15, 0.2) is 243 Å². The van der Waals surface area contributed by atoms with E-state index in [9.17, 15) is 0 Å². The van der Waals surface area contributed by atoms with Crippen molar-refractivity contribution in [3.8, 4) is 66.8 Å². The van der Waals surface area contributed by atoms with Crippen LogP contribution in [0.2, 0.25) is 0 Å². The largest absolute Gasteiger partial charge is 0.311 e. The third-order valence-electron chi connectivity index (χ3n) is 14.1. The van der Waals surface area contributed by atoms with E-state index < -0.39 is 5.41 Å². The van der Waals surface area contributed by atoms with Crippen molar-refractivity contribution in [3.63, 3.8) is 0 Å². The van der Waals surface area contributed by atoms with Crippen LogP contribution in [0.3, 0.4) is 0 Å². The van der Waals surface area contributed by atoms with E-state index in [2.05, 4.69) is 268 Å². The fourth-order valence-electron chi connectivity index (χ4n) is 11.1. The molecule has 0 aliphatic heterocycles. The first-order chi connectivity index (χ1) is 32.4. The normalized spacial score (nSPS) is 12.9. The van der Waals surface area contributed by atoms with Crippen molar-refractivity contribution in [2.45, 2.75) is 31.6 Å². The van der Waals surface area contributed by atoms with Gasteiger partial charge in [0.25, 0.3) is 0 Å². The van der Waals surface area contributed by atoms with Gasteiger partial charge in [-0.15, -0.1) is 0 Å². The molecule has 0 radical (unpaired) electrons. The molecule has 314 valence electrons. The van der Waals surface area contributed by atoms with Crippen molar-refractivity contribution in [1.29, 1.82) is 0 Å². The molecule has 0 bridgehead atoms. The highest BCUT2D eigenvalue weighted by Crippen LogP contribution is 2.62. The second kappa shape index (κ2) is 15.6. The Morgan fingerprint density at radius 1 is 0.273 bits per heavy atom. The third kappa shape index (κ3) is 6.22. The van der Waals surface area contributed by atoms with Crippen molar-refractivity contribution < 1.29 is 0 Å². The first kappa shape index (κ1) is 39.6. The molecule has 0 saturated heterocycles. The zero-order chi connectivity index (χ0) is 44.4. The zero-order valence-corrected chi connectivity index (χ0v) is 37.5. The molecule has 0 fully saturated rings. The SMILES string of the molecule is CC(C)(C)c1ccc(N(c2ccc(-c3ccccc3)cc2)c2ccc(-c3cccc4c3C3(c5ccccc5-c5ccccc5-c5ccccc5-c5ccccc53)c3ccccc3-4)cc2)cc1. The Morgan fingerprint density at radius 3 is 1.08 bits per heavy atom. The highest BCUT2D eigenvalue weighted by Gasteiger charge is 2.50. The average molecular weight is 844 g/mol. The monoisotopic (exact) mass is 843 g/mol. The summed E-state index contributed by atoms with van der Waals surface area (Å²) in [6.45, 7) is 6.82. The quantitative estimate of drug-likeness (QED) is 0.167. The van der Waals surface area contributed by atoms with Gasteiger partial charge in [-0.05, 0) is 136 Å². The first-order valence-corrected chi connectivity index (χ1v) is 23.2. The molecule has 0 amide bonds. The number of rotatable bonds is 5. The second-order valence-corrected chi connectivity index (χ2v) is 18.8. The van der Waals surface area contributed by atoms with Gasteiger partial charge in [0.1, 0.15) is 0 Å². The van der Waals surface area contributed by atoms with E-state index in [-0.39, 0.29) is 5.41 Å². The van der Waals surface area contributed by atoms with Crippen molar-refractivity contribution in [2.24, 2.45) is 0 Å². The van der Waals surface area contributed by atoms with Crippen LogP contribution in [-0.2, 0) is 10.8 Å². The Labute approximate surface area is 389 Å². The molecule has 2 aliphatic carbocycles. The topological polar surface area (TPSA) is 3.24 Å². The minimum absolute atomic E-state index is 0.0543. The van der Waals surface area contributed by atoms with Crippen LogP contribution in [0.4, 0.5) is 17.1 Å². The Kier molecular flexibility index (Phi) is 9.36. The summed E-state index contributed by atoms with van der Waals surface area (Å²) >= 11 is 0. The van der Waals surface area contributed by atoms with E-state index in [1.807, 2.05) is 0 Å². The van der Waals surface area contributed by atoms with Crippen LogP contribution in [0.5, 0.6) is 0 Å². The summed E-state index contributed by atoms with van der Waals surface area (Å²) in [4.78, 5) is 2.39. The number of hydrogen-bond acceptors (Lipinski definition) is 1. The van der Waals surface area contributed by atoms with Crippen molar-refractivity contribution in [3.05, 3.63) is 270 Å². The number of nitrogens with zero attached hydrogens (tertiary/aromatic N) is 1. The van der Waals surface area contributed by atoms with Crippen molar-refractivity contribution >= 4 is 17.1 Å². The molecule has 10 aromatic carbocycles. The van der Waals surface area contributed by atoms with E-state index in [0.717, 1.165) is 17.1 Å². The van der Waals surface area contributed by atoms with Gasteiger partial charge in [0.15, 0.2) is 0 Å². The molecular formula is C65H49N. The van der Waals surface area contributed by atoms with Crippen LogP contribution in [0, 0.1) is 0 Å². The molecule has 0 aromatic heterocycles. The molecule has 1 nitrogen and oxygen atoms in total. The van der Waals surface area contributed by atoms with Crippen LogP contribution in [0.25, 0.3) is 66.8 Å². The molecule has 0 heterocycles. The van der Waals surface area contributed by atoms with Crippen molar-refractivity contribution in [2.75, 3.05) is 4.90 Å². The van der Waals surface area contributed by atoms with Gasteiger partial charge in [0.2, 0.25) is 0 Å². The van der Waals surface area contributed by atoms with Crippen LogP contribution in [-0.4, -0.2) is 0 Å².